The van der Waals surface area contributed by atoms with Crippen molar-refractivity contribution in [3.63, 3.8) is 0 Å². The van der Waals surface area contributed by atoms with Gasteiger partial charge in [-0.05, 0) is 33.2 Å². The van der Waals surface area contributed by atoms with Crippen LogP contribution in [0.25, 0.3) is 0 Å². The molecule has 3 atom stereocenters. The fourth-order valence-electron chi connectivity index (χ4n) is 1.92. The van der Waals surface area contributed by atoms with Crippen LogP contribution in [0.5, 0.6) is 0 Å². The molecule has 0 bridgehead atoms. The van der Waals surface area contributed by atoms with Crippen molar-refractivity contribution >= 4 is 0 Å². The van der Waals surface area contributed by atoms with Crippen LogP contribution in [0.1, 0.15) is 33.6 Å². The number of hydrogen-bond donors (Lipinski definition) is 1. The highest BCUT2D eigenvalue weighted by atomic mass is 16.5. The van der Waals surface area contributed by atoms with Gasteiger partial charge < -0.3 is 10.1 Å². The van der Waals surface area contributed by atoms with E-state index in [2.05, 4.69) is 32.7 Å². The predicted octanol–water partition coefficient (Wildman–Crippen LogP) is 2.11. The van der Waals surface area contributed by atoms with Gasteiger partial charge in [0.25, 0.3) is 0 Å². The van der Waals surface area contributed by atoms with Gasteiger partial charge in [-0.15, -0.1) is 0 Å². The van der Waals surface area contributed by atoms with Crippen molar-refractivity contribution in [1.29, 1.82) is 0 Å². The van der Waals surface area contributed by atoms with E-state index < -0.39 is 0 Å². The van der Waals surface area contributed by atoms with E-state index in [1.807, 2.05) is 0 Å². The summed E-state index contributed by atoms with van der Waals surface area (Å²) in [5, 5.41) is 3.42. The number of likely N-dealkylation sites (N-methyl/N-ethyl adjacent to an activating group) is 1. The molecule has 76 valence electrons. The summed E-state index contributed by atoms with van der Waals surface area (Å²) in [5.41, 5.74) is 1.18. The summed E-state index contributed by atoms with van der Waals surface area (Å²) in [6, 6.07) is 0.343. The molecule has 1 rings (SSSR count). The lowest BCUT2D eigenvalue weighted by Crippen LogP contribution is -2.40. The second-order valence-electron chi connectivity index (χ2n) is 3.94. The lowest BCUT2D eigenvalue weighted by molar-refractivity contribution is 0.0400. The average molecular weight is 183 g/mol. The molecule has 0 saturated carbocycles. The molecule has 1 saturated heterocycles. The quantitative estimate of drug-likeness (QED) is 0.674. The summed E-state index contributed by atoms with van der Waals surface area (Å²) < 4.78 is 5.81. The minimum absolute atomic E-state index is 0.340. The molecule has 0 spiro atoms. The predicted molar refractivity (Wildman–Crippen MR) is 55.8 cm³/mol. The Bertz CT molecular complexity index is 179. The first-order valence-electron chi connectivity index (χ1n) is 5.19. The van der Waals surface area contributed by atoms with E-state index in [4.69, 9.17) is 4.74 Å². The smallest absolute Gasteiger partial charge is 0.0770 e. The highest BCUT2D eigenvalue weighted by Gasteiger charge is 2.29. The molecular weight excluding hydrogens is 162 g/mol. The highest BCUT2D eigenvalue weighted by Crippen LogP contribution is 2.24. The normalized spacial score (nSPS) is 30.4. The van der Waals surface area contributed by atoms with Crippen LogP contribution in [0, 0.1) is 0 Å². The van der Waals surface area contributed by atoms with Crippen molar-refractivity contribution in [1.82, 2.24) is 5.32 Å². The third kappa shape index (κ3) is 2.82. The Morgan fingerprint density at radius 3 is 2.69 bits per heavy atom. The van der Waals surface area contributed by atoms with E-state index in [0.717, 1.165) is 13.0 Å². The van der Waals surface area contributed by atoms with Gasteiger partial charge in [0.1, 0.15) is 0 Å². The number of nitrogens with one attached hydrogen (secondary N) is 1. The minimum atomic E-state index is 0.340. The van der Waals surface area contributed by atoms with Crippen molar-refractivity contribution in [2.24, 2.45) is 0 Å². The van der Waals surface area contributed by atoms with Crippen molar-refractivity contribution < 1.29 is 4.74 Å². The van der Waals surface area contributed by atoms with E-state index >= 15 is 0 Å². The van der Waals surface area contributed by atoms with Gasteiger partial charge in [0.05, 0.1) is 18.2 Å². The van der Waals surface area contributed by atoms with Crippen LogP contribution in [0.15, 0.2) is 12.2 Å². The average Bonchev–Trinajstić information content (AvgIpc) is 2.46. The molecule has 1 heterocycles. The Labute approximate surface area is 81.4 Å². The highest BCUT2D eigenvalue weighted by molar-refractivity contribution is 5.06. The number of hydrogen-bond acceptors (Lipinski definition) is 2. The fourth-order valence-corrected chi connectivity index (χ4v) is 1.92. The summed E-state index contributed by atoms with van der Waals surface area (Å²) in [6.45, 7) is 11.3. The van der Waals surface area contributed by atoms with Crippen molar-refractivity contribution in [3.05, 3.63) is 12.2 Å². The van der Waals surface area contributed by atoms with Crippen LogP contribution in [0.3, 0.4) is 0 Å². The third-order valence-corrected chi connectivity index (χ3v) is 2.59. The summed E-state index contributed by atoms with van der Waals surface area (Å²) in [6.07, 6.45) is 3.10. The SMILES string of the molecule is C=C(C)C(NCC)C1CCC(C)O1. The maximum absolute atomic E-state index is 5.81. The largest absolute Gasteiger partial charge is 0.373 e. The first-order chi connectivity index (χ1) is 6.15. The van der Waals surface area contributed by atoms with Gasteiger partial charge in [-0.25, -0.2) is 0 Å². The van der Waals surface area contributed by atoms with Gasteiger partial charge >= 0.3 is 0 Å². The molecule has 1 N–H and O–H groups in total. The molecule has 2 heteroatoms. The van der Waals surface area contributed by atoms with E-state index in [1.54, 1.807) is 0 Å². The van der Waals surface area contributed by atoms with E-state index in [-0.39, 0.29) is 0 Å². The first-order valence-corrected chi connectivity index (χ1v) is 5.19. The van der Waals surface area contributed by atoms with Crippen molar-refractivity contribution in [2.75, 3.05) is 6.54 Å². The van der Waals surface area contributed by atoms with Crippen molar-refractivity contribution in [2.45, 2.75) is 51.9 Å². The van der Waals surface area contributed by atoms with Gasteiger partial charge in [0, 0.05) is 0 Å². The van der Waals surface area contributed by atoms with Gasteiger partial charge in [0.15, 0.2) is 0 Å². The Kier molecular flexibility index (Phi) is 3.94. The van der Waals surface area contributed by atoms with Crippen molar-refractivity contribution in [3.8, 4) is 0 Å². The zero-order valence-electron chi connectivity index (χ0n) is 8.97. The maximum Gasteiger partial charge on any atom is 0.0770 e. The van der Waals surface area contributed by atoms with Crippen LogP contribution >= 0.6 is 0 Å². The van der Waals surface area contributed by atoms with Crippen LogP contribution in [-0.4, -0.2) is 24.8 Å². The van der Waals surface area contributed by atoms with E-state index in [0.29, 0.717) is 18.2 Å². The van der Waals surface area contributed by atoms with Crippen LogP contribution in [-0.2, 0) is 4.74 Å². The van der Waals surface area contributed by atoms with Gasteiger partial charge in [0.2, 0.25) is 0 Å². The topological polar surface area (TPSA) is 21.3 Å². The molecular formula is C11H21NO. The first kappa shape index (κ1) is 10.7. The van der Waals surface area contributed by atoms with Crippen LogP contribution < -0.4 is 5.32 Å². The van der Waals surface area contributed by atoms with E-state index in [1.165, 1.54) is 12.0 Å². The maximum atomic E-state index is 5.81. The number of ether oxygens (including phenoxy) is 1. The Morgan fingerprint density at radius 2 is 2.31 bits per heavy atom. The molecule has 0 aliphatic carbocycles. The Balaban J connectivity index is 2.49. The monoisotopic (exact) mass is 183 g/mol. The molecule has 3 unspecified atom stereocenters. The molecule has 0 radical (unpaired) electrons. The van der Waals surface area contributed by atoms with E-state index in [9.17, 15) is 0 Å². The molecule has 0 aromatic carbocycles. The molecule has 1 aliphatic rings. The molecule has 13 heavy (non-hydrogen) atoms. The summed E-state index contributed by atoms with van der Waals surface area (Å²) in [4.78, 5) is 0. The molecule has 1 fully saturated rings. The Morgan fingerprint density at radius 1 is 1.62 bits per heavy atom. The minimum Gasteiger partial charge on any atom is -0.373 e. The second-order valence-corrected chi connectivity index (χ2v) is 3.94. The summed E-state index contributed by atoms with van der Waals surface area (Å²) in [7, 11) is 0. The standard InChI is InChI=1S/C11H21NO/c1-5-12-11(8(2)3)10-7-6-9(4)13-10/h9-12H,2,5-7H2,1,3-4H3. The summed E-state index contributed by atoms with van der Waals surface area (Å²) >= 11 is 0. The molecule has 0 aromatic rings. The third-order valence-electron chi connectivity index (χ3n) is 2.59. The zero-order chi connectivity index (χ0) is 9.84. The molecule has 0 amide bonds. The second kappa shape index (κ2) is 4.77. The molecule has 0 aromatic heterocycles. The lowest BCUT2D eigenvalue weighted by atomic mass is 10.0. The lowest BCUT2D eigenvalue weighted by Gasteiger charge is -2.24. The van der Waals surface area contributed by atoms with Gasteiger partial charge in [-0.2, -0.15) is 0 Å². The number of rotatable bonds is 4. The van der Waals surface area contributed by atoms with Crippen LogP contribution in [0.2, 0.25) is 0 Å². The van der Waals surface area contributed by atoms with Gasteiger partial charge in [-0.3, -0.25) is 0 Å². The molecule has 1 aliphatic heterocycles. The fraction of sp³-hybridized carbons (Fsp3) is 0.818. The van der Waals surface area contributed by atoms with Crippen LogP contribution in [0.4, 0.5) is 0 Å². The zero-order valence-corrected chi connectivity index (χ0v) is 8.97. The molecule has 2 nitrogen and oxygen atoms in total. The van der Waals surface area contributed by atoms with Gasteiger partial charge in [-0.1, -0.05) is 19.1 Å². The summed E-state index contributed by atoms with van der Waals surface area (Å²) in [5.74, 6) is 0. The Hall–Kier alpha value is -0.340.